The summed E-state index contributed by atoms with van der Waals surface area (Å²) in [6, 6.07) is 7.09. The number of aryl methyl sites for hydroxylation is 1. The fraction of sp³-hybridized carbons (Fsp3) is 0.538. The van der Waals surface area contributed by atoms with Crippen LogP contribution in [0.25, 0.3) is 0 Å². The average molecular weight is 258 g/mol. The van der Waals surface area contributed by atoms with Crippen molar-refractivity contribution in [2.45, 2.75) is 33.1 Å². The first-order valence-electron chi connectivity index (χ1n) is 5.78. The summed E-state index contributed by atoms with van der Waals surface area (Å²) < 4.78 is 21.0. The van der Waals surface area contributed by atoms with E-state index >= 15 is 0 Å². The van der Waals surface area contributed by atoms with E-state index in [1.54, 1.807) is 12.1 Å². The van der Waals surface area contributed by atoms with Gasteiger partial charge in [-0.15, -0.1) is 0 Å². The summed E-state index contributed by atoms with van der Waals surface area (Å²) in [4.78, 5) is 0. The second-order valence-electron chi connectivity index (χ2n) is 4.17. The molecule has 0 spiro atoms. The Morgan fingerprint density at radius 3 is 2.00 bits per heavy atom. The SMILES string of the molecule is CCCCCS(C)(=O)=O.Cc1ccc(O)cc1. The molecule has 0 radical (unpaired) electrons. The molecule has 0 saturated heterocycles. The van der Waals surface area contributed by atoms with Crippen LogP contribution in [-0.4, -0.2) is 25.5 Å². The summed E-state index contributed by atoms with van der Waals surface area (Å²) in [5, 5.41) is 8.76. The van der Waals surface area contributed by atoms with Crippen molar-refractivity contribution in [2.75, 3.05) is 12.0 Å². The van der Waals surface area contributed by atoms with Crippen molar-refractivity contribution in [3.05, 3.63) is 29.8 Å². The molecule has 3 nitrogen and oxygen atoms in total. The van der Waals surface area contributed by atoms with E-state index in [4.69, 9.17) is 5.11 Å². The molecule has 0 bridgehead atoms. The van der Waals surface area contributed by atoms with Gasteiger partial charge in [0.1, 0.15) is 15.6 Å². The van der Waals surface area contributed by atoms with E-state index in [-0.39, 0.29) is 0 Å². The van der Waals surface area contributed by atoms with Crippen LogP contribution in [0.1, 0.15) is 31.7 Å². The highest BCUT2D eigenvalue weighted by Gasteiger charge is 1.98. The van der Waals surface area contributed by atoms with Gasteiger partial charge in [0.05, 0.1) is 0 Å². The molecule has 1 aromatic rings. The number of sulfone groups is 1. The van der Waals surface area contributed by atoms with Crippen molar-refractivity contribution in [3.8, 4) is 5.75 Å². The fourth-order valence-corrected chi connectivity index (χ4v) is 1.89. The van der Waals surface area contributed by atoms with E-state index in [0.717, 1.165) is 19.3 Å². The van der Waals surface area contributed by atoms with Gasteiger partial charge in [-0.3, -0.25) is 0 Å². The van der Waals surface area contributed by atoms with Gasteiger partial charge in [-0.25, -0.2) is 8.42 Å². The number of benzene rings is 1. The predicted octanol–water partition coefficient (Wildman–Crippen LogP) is 2.92. The maximum atomic E-state index is 10.5. The molecule has 0 unspecified atom stereocenters. The lowest BCUT2D eigenvalue weighted by molar-refractivity contribution is 0.475. The molecular weight excluding hydrogens is 236 g/mol. The highest BCUT2D eigenvalue weighted by atomic mass is 32.2. The summed E-state index contributed by atoms with van der Waals surface area (Å²) in [7, 11) is -2.70. The summed E-state index contributed by atoms with van der Waals surface area (Å²) in [6.07, 6.45) is 4.20. The standard InChI is InChI=1S/C7H8O.C6H14O2S/c1-6-2-4-7(8)5-3-6;1-3-4-5-6-9(2,7)8/h2-5,8H,1H3;3-6H2,1-2H3. The third kappa shape index (κ3) is 11.2. The smallest absolute Gasteiger partial charge is 0.147 e. The lowest BCUT2D eigenvalue weighted by Crippen LogP contribution is -2.01. The molecule has 0 aliphatic carbocycles. The van der Waals surface area contributed by atoms with E-state index in [2.05, 4.69) is 6.92 Å². The highest BCUT2D eigenvalue weighted by Crippen LogP contribution is 2.07. The van der Waals surface area contributed by atoms with E-state index < -0.39 is 9.84 Å². The maximum Gasteiger partial charge on any atom is 0.147 e. The number of hydrogen-bond donors (Lipinski definition) is 1. The number of aromatic hydroxyl groups is 1. The molecule has 1 rings (SSSR count). The van der Waals surface area contributed by atoms with Crippen LogP contribution in [0, 0.1) is 6.92 Å². The number of phenolic OH excluding ortho intramolecular Hbond substituents is 1. The predicted molar refractivity (Wildman–Crippen MR) is 72.1 cm³/mol. The van der Waals surface area contributed by atoms with Gasteiger partial charge in [0.2, 0.25) is 0 Å². The molecule has 0 amide bonds. The van der Waals surface area contributed by atoms with Crippen LogP contribution in [0.4, 0.5) is 0 Å². The van der Waals surface area contributed by atoms with Crippen molar-refractivity contribution < 1.29 is 13.5 Å². The second-order valence-corrected chi connectivity index (χ2v) is 6.43. The molecule has 4 heteroatoms. The molecule has 0 heterocycles. The molecule has 0 aliphatic rings. The molecule has 0 aromatic heterocycles. The van der Waals surface area contributed by atoms with Gasteiger partial charge in [-0.2, -0.15) is 0 Å². The first kappa shape index (κ1) is 16.0. The molecular formula is C13H22O3S. The minimum absolute atomic E-state index is 0.329. The van der Waals surface area contributed by atoms with Gasteiger partial charge in [0.25, 0.3) is 0 Å². The van der Waals surface area contributed by atoms with Crippen molar-refractivity contribution >= 4 is 9.84 Å². The number of hydrogen-bond acceptors (Lipinski definition) is 3. The molecule has 17 heavy (non-hydrogen) atoms. The number of phenols is 1. The molecule has 98 valence electrons. The van der Waals surface area contributed by atoms with Crippen molar-refractivity contribution in [3.63, 3.8) is 0 Å². The minimum Gasteiger partial charge on any atom is -0.508 e. The second kappa shape index (κ2) is 8.12. The van der Waals surface area contributed by atoms with Crippen LogP contribution >= 0.6 is 0 Å². The zero-order valence-corrected chi connectivity index (χ0v) is 11.6. The Balaban J connectivity index is 0.000000302. The molecule has 0 atom stereocenters. The normalized spacial score (nSPS) is 10.5. The zero-order valence-electron chi connectivity index (χ0n) is 10.8. The summed E-state index contributed by atoms with van der Waals surface area (Å²) >= 11 is 0. The maximum absolute atomic E-state index is 10.5. The van der Waals surface area contributed by atoms with E-state index in [1.807, 2.05) is 19.1 Å². The zero-order chi connectivity index (χ0) is 13.3. The lowest BCUT2D eigenvalue weighted by Gasteiger charge is -1.94. The van der Waals surface area contributed by atoms with Crippen LogP contribution in [0.5, 0.6) is 5.75 Å². The summed E-state index contributed by atoms with van der Waals surface area (Å²) in [5.41, 5.74) is 1.17. The Bertz CT molecular complexity index is 372. The van der Waals surface area contributed by atoms with Crippen LogP contribution < -0.4 is 0 Å². The summed E-state index contributed by atoms with van der Waals surface area (Å²) in [6.45, 7) is 4.04. The fourth-order valence-electron chi connectivity index (χ4n) is 1.16. The van der Waals surface area contributed by atoms with Crippen molar-refractivity contribution in [1.29, 1.82) is 0 Å². The Morgan fingerprint density at radius 1 is 1.12 bits per heavy atom. The van der Waals surface area contributed by atoms with E-state index in [1.165, 1.54) is 11.8 Å². The average Bonchev–Trinajstić information content (AvgIpc) is 2.22. The Hall–Kier alpha value is -1.03. The van der Waals surface area contributed by atoms with E-state index in [9.17, 15) is 8.42 Å². The minimum atomic E-state index is -2.70. The van der Waals surface area contributed by atoms with Crippen LogP contribution in [0.2, 0.25) is 0 Å². The van der Waals surface area contributed by atoms with Crippen LogP contribution in [0.15, 0.2) is 24.3 Å². The number of rotatable bonds is 4. The van der Waals surface area contributed by atoms with Crippen molar-refractivity contribution in [2.24, 2.45) is 0 Å². The molecule has 1 N–H and O–H groups in total. The van der Waals surface area contributed by atoms with Crippen LogP contribution in [0.3, 0.4) is 0 Å². The molecule has 1 aromatic carbocycles. The number of unbranched alkanes of at least 4 members (excludes halogenated alkanes) is 2. The third-order valence-corrected chi connectivity index (χ3v) is 3.18. The monoisotopic (exact) mass is 258 g/mol. The van der Waals surface area contributed by atoms with Crippen LogP contribution in [-0.2, 0) is 9.84 Å². The van der Waals surface area contributed by atoms with Gasteiger partial charge in [-0.05, 0) is 25.5 Å². The van der Waals surface area contributed by atoms with Gasteiger partial charge < -0.3 is 5.11 Å². The Labute approximate surface area is 104 Å². The summed E-state index contributed by atoms with van der Waals surface area (Å²) in [5.74, 6) is 0.677. The largest absolute Gasteiger partial charge is 0.508 e. The molecule has 0 aliphatic heterocycles. The first-order chi connectivity index (χ1) is 7.85. The highest BCUT2D eigenvalue weighted by molar-refractivity contribution is 7.90. The molecule has 0 saturated carbocycles. The molecule has 0 fully saturated rings. The lowest BCUT2D eigenvalue weighted by atomic mass is 10.2. The van der Waals surface area contributed by atoms with Gasteiger partial charge in [0, 0.05) is 12.0 Å². The van der Waals surface area contributed by atoms with Crippen molar-refractivity contribution in [1.82, 2.24) is 0 Å². The third-order valence-electron chi connectivity index (χ3n) is 2.15. The quantitative estimate of drug-likeness (QED) is 0.845. The van der Waals surface area contributed by atoms with E-state index in [0.29, 0.717) is 11.5 Å². The van der Waals surface area contributed by atoms with Gasteiger partial charge >= 0.3 is 0 Å². The first-order valence-corrected chi connectivity index (χ1v) is 7.84. The Kier molecular flexibility index (Phi) is 7.63. The van der Waals surface area contributed by atoms with Gasteiger partial charge in [-0.1, -0.05) is 37.5 Å². The van der Waals surface area contributed by atoms with Gasteiger partial charge in [0.15, 0.2) is 0 Å². The topological polar surface area (TPSA) is 54.4 Å². The Morgan fingerprint density at radius 2 is 1.65 bits per heavy atom.